The molecular weight excluding hydrogens is 258 g/mol. The molecule has 2 rings (SSSR count). The highest BCUT2D eigenvalue weighted by atomic mass is 16.5. The van der Waals surface area contributed by atoms with Crippen molar-refractivity contribution in [2.24, 2.45) is 5.92 Å². The van der Waals surface area contributed by atoms with Gasteiger partial charge in [-0.25, -0.2) is 0 Å². The number of rotatable bonds is 5. The number of methoxy groups -OCH3 is 1. The van der Waals surface area contributed by atoms with Crippen molar-refractivity contribution in [2.75, 3.05) is 27.4 Å². The van der Waals surface area contributed by atoms with E-state index in [1.165, 1.54) is 0 Å². The number of hydrogen-bond acceptors (Lipinski definition) is 4. The molecule has 1 aromatic rings. The molecule has 1 aliphatic heterocycles. The zero-order chi connectivity index (χ0) is 14.7. The second kappa shape index (κ2) is 6.24. The molecule has 0 aliphatic carbocycles. The fourth-order valence-electron chi connectivity index (χ4n) is 2.66. The Labute approximate surface area is 119 Å². The van der Waals surface area contributed by atoms with Crippen LogP contribution in [-0.4, -0.2) is 49.4 Å². The molecule has 2 unspecified atom stereocenters. The predicted octanol–water partition coefficient (Wildman–Crippen LogP) is 1.54. The Morgan fingerprint density at radius 1 is 1.50 bits per heavy atom. The summed E-state index contributed by atoms with van der Waals surface area (Å²) in [5.74, 6) is -0.367. The van der Waals surface area contributed by atoms with E-state index in [1.807, 2.05) is 31.0 Å². The highest BCUT2D eigenvalue weighted by Crippen LogP contribution is 2.23. The minimum atomic E-state index is -0.787. The molecule has 1 saturated heterocycles. The maximum Gasteiger partial charge on any atom is 0.310 e. The number of ether oxygens (including phenoxy) is 2. The average Bonchev–Trinajstić information content (AvgIpc) is 2.88. The van der Waals surface area contributed by atoms with Crippen molar-refractivity contribution in [1.29, 1.82) is 0 Å². The molecule has 110 valence electrons. The molecule has 1 heterocycles. The van der Waals surface area contributed by atoms with Crippen LogP contribution in [-0.2, 0) is 16.1 Å². The van der Waals surface area contributed by atoms with Crippen molar-refractivity contribution in [3.63, 3.8) is 0 Å². The van der Waals surface area contributed by atoms with Crippen molar-refractivity contribution < 1.29 is 19.4 Å². The smallest absolute Gasteiger partial charge is 0.310 e. The summed E-state index contributed by atoms with van der Waals surface area (Å²) in [5.41, 5.74) is 2.22. The molecule has 2 atom stereocenters. The number of aryl methyl sites for hydroxylation is 1. The lowest BCUT2D eigenvalue weighted by atomic mass is 10.0. The summed E-state index contributed by atoms with van der Waals surface area (Å²) in [6.45, 7) is 3.47. The molecule has 1 aliphatic rings. The number of hydrogen-bond donors (Lipinski definition) is 1. The van der Waals surface area contributed by atoms with E-state index in [9.17, 15) is 9.90 Å². The highest BCUT2D eigenvalue weighted by molar-refractivity contribution is 5.71. The molecule has 5 nitrogen and oxygen atoms in total. The molecule has 0 radical (unpaired) electrons. The summed E-state index contributed by atoms with van der Waals surface area (Å²) in [6, 6.07) is 5.95. The second-order valence-corrected chi connectivity index (χ2v) is 5.27. The molecule has 5 heteroatoms. The van der Waals surface area contributed by atoms with Crippen LogP contribution in [0.25, 0.3) is 0 Å². The first-order valence-corrected chi connectivity index (χ1v) is 6.67. The van der Waals surface area contributed by atoms with Gasteiger partial charge in [0.25, 0.3) is 0 Å². The van der Waals surface area contributed by atoms with Crippen LogP contribution in [0.4, 0.5) is 0 Å². The number of likely N-dealkylation sites (N-methyl/N-ethyl adjacent to an activating group) is 1. The first kappa shape index (κ1) is 14.8. The number of carbonyl (C=O) groups is 1. The van der Waals surface area contributed by atoms with Gasteiger partial charge in [-0.15, -0.1) is 0 Å². The van der Waals surface area contributed by atoms with Crippen LogP contribution in [0, 0.1) is 12.8 Å². The Bertz CT molecular complexity index is 489. The standard InChI is InChI=1S/C15H21NO4/c1-10-6-11(4-5-14(10)19-3)7-16(2)13-9-20-8-12(13)15(17)18/h4-6,12-13H,7-9H2,1-3H3,(H,17,18). The van der Waals surface area contributed by atoms with Gasteiger partial charge in [-0.1, -0.05) is 12.1 Å². The third-order valence-corrected chi connectivity index (χ3v) is 3.83. The molecule has 1 aromatic carbocycles. The molecule has 0 aromatic heterocycles. The third-order valence-electron chi connectivity index (χ3n) is 3.83. The van der Waals surface area contributed by atoms with Gasteiger partial charge in [-0.2, -0.15) is 0 Å². The maximum atomic E-state index is 11.2. The van der Waals surface area contributed by atoms with Gasteiger partial charge < -0.3 is 14.6 Å². The lowest BCUT2D eigenvalue weighted by Crippen LogP contribution is -2.40. The van der Waals surface area contributed by atoms with Crippen molar-refractivity contribution >= 4 is 5.97 Å². The minimum Gasteiger partial charge on any atom is -0.496 e. The van der Waals surface area contributed by atoms with Crippen LogP contribution in [0.5, 0.6) is 5.75 Å². The topological polar surface area (TPSA) is 59.0 Å². The Morgan fingerprint density at radius 2 is 2.25 bits per heavy atom. The van der Waals surface area contributed by atoms with Crippen LogP contribution >= 0.6 is 0 Å². The Balaban J connectivity index is 2.05. The van der Waals surface area contributed by atoms with Crippen molar-refractivity contribution in [3.05, 3.63) is 29.3 Å². The van der Waals surface area contributed by atoms with Gasteiger partial charge in [0.05, 0.1) is 26.2 Å². The molecular formula is C15H21NO4. The van der Waals surface area contributed by atoms with Gasteiger partial charge in [0.15, 0.2) is 0 Å². The Morgan fingerprint density at radius 3 is 2.85 bits per heavy atom. The molecule has 0 amide bonds. The molecule has 0 saturated carbocycles. The zero-order valence-electron chi connectivity index (χ0n) is 12.1. The van der Waals surface area contributed by atoms with Crippen LogP contribution < -0.4 is 4.74 Å². The number of benzene rings is 1. The SMILES string of the molecule is COc1ccc(CN(C)C2COCC2C(=O)O)cc1C. The van der Waals surface area contributed by atoms with Crippen molar-refractivity contribution in [1.82, 2.24) is 4.90 Å². The number of aliphatic carboxylic acids is 1. The van der Waals surface area contributed by atoms with Crippen LogP contribution in [0.1, 0.15) is 11.1 Å². The molecule has 1 N–H and O–H groups in total. The van der Waals surface area contributed by atoms with E-state index in [0.717, 1.165) is 16.9 Å². The van der Waals surface area contributed by atoms with Gasteiger partial charge in [0.2, 0.25) is 0 Å². The van der Waals surface area contributed by atoms with Gasteiger partial charge in [-0.3, -0.25) is 9.69 Å². The van der Waals surface area contributed by atoms with Gasteiger partial charge in [-0.05, 0) is 31.2 Å². The lowest BCUT2D eigenvalue weighted by Gasteiger charge is -2.26. The summed E-state index contributed by atoms with van der Waals surface area (Å²) in [5, 5.41) is 9.19. The average molecular weight is 279 g/mol. The van der Waals surface area contributed by atoms with E-state index in [2.05, 4.69) is 6.07 Å². The highest BCUT2D eigenvalue weighted by Gasteiger charge is 2.36. The van der Waals surface area contributed by atoms with E-state index < -0.39 is 11.9 Å². The molecule has 20 heavy (non-hydrogen) atoms. The zero-order valence-corrected chi connectivity index (χ0v) is 12.1. The maximum absolute atomic E-state index is 11.2. The first-order valence-electron chi connectivity index (χ1n) is 6.67. The summed E-state index contributed by atoms with van der Waals surface area (Å²) in [6.07, 6.45) is 0. The predicted molar refractivity (Wildman–Crippen MR) is 74.9 cm³/mol. The fraction of sp³-hybridized carbons (Fsp3) is 0.533. The normalized spacial score (nSPS) is 22.2. The summed E-state index contributed by atoms with van der Waals surface area (Å²) >= 11 is 0. The van der Waals surface area contributed by atoms with E-state index in [-0.39, 0.29) is 6.04 Å². The molecule has 0 bridgehead atoms. The quantitative estimate of drug-likeness (QED) is 0.886. The van der Waals surface area contributed by atoms with Crippen molar-refractivity contribution in [2.45, 2.75) is 19.5 Å². The minimum absolute atomic E-state index is 0.0742. The van der Waals surface area contributed by atoms with Crippen LogP contribution in [0.3, 0.4) is 0 Å². The van der Waals surface area contributed by atoms with Crippen molar-refractivity contribution in [3.8, 4) is 5.75 Å². The molecule has 1 fully saturated rings. The first-order chi connectivity index (χ1) is 9.52. The Hall–Kier alpha value is -1.59. The lowest BCUT2D eigenvalue weighted by molar-refractivity contribution is -0.143. The second-order valence-electron chi connectivity index (χ2n) is 5.27. The van der Waals surface area contributed by atoms with Gasteiger partial charge in [0.1, 0.15) is 5.75 Å². The summed E-state index contributed by atoms with van der Waals surface area (Å²) in [4.78, 5) is 13.2. The number of nitrogens with zero attached hydrogens (tertiary/aromatic N) is 1. The van der Waals surface area contributed by atoms with E-state index >= 15 is 0 Å². The Kier molecular flexibility index (Phi) is 4.62. The van der Waals surface area contributed by atoms with E-state index in [4.69, 9.17) is 9.47 Å². The van der Waals surface area contributed by atoms with Gasteiger partial charge in [0, 0.05) is 12.6 Å². The van der Waals surface area contributed by atoms with Crippen LogP contribution in [0.2, 0.25) is 0 Å². The third kappa shape index (κ3) is 3.11. The fourth-order valence-corrected chi connectivity index (χ4v) is 2.66. The summed E-state index contributed by atoms with van der Waals surface area (Å²) in [7, 11) is 3.59. The van der Waals surface area contributed by atoms with Gasteiger partial charge >= 0.3 is 5.97 Å². The summed E-state index contributed by atoms with van der Waals surface area (Å²) < 4.78 is 10.5. The van der Waals surface area contributed by atoms with Crippen LogP contribution in [0.15, 0.2) is 18.2 Å². The molecule has 0 spiro atoms. The van der Waals surface area contributed by atoms with E-state index in [1.54, 1.807) is 7.11 Å². The number of carboxylic acid groups (broad SMARTS) is 1. The largest absolute Gasteiger partial charge is 0.496 e. The number of carboxylic acids is 1. The monoisotopic (exact) mass is 279 g/mol. The van der Waals surface area contributed by atoms with E-state index in [0.29, 0.717) is 19.8 Å².